The van der Waals surface area contributed by atoms with E-state index in [1.165, 1.54) is 11.8 Å². The number of carbonyl (C=O) groups excluding carboxylic acids is 1. The molecule has 154 valence electrons. The van der Waals surface area contributed by atoms with Gasteiger partial charge in [0.25, 0.3) is 0 Å². The minimum atomic E-state index is -0.429. The SMILES string of the molecule is Cc1ccc(OCCOc2ccc(Br)cc2/C=N\NC(=O)Nc2ccccc2)cc1. The van der Waals surface area contributed by atoms with Gasteiger partial charge in [0.1, 0.15) is 24.7 Å². The number of carbonyl (C=O) groups is 1. The first-order valence-electron chi connectivity index (χ1n) is 9.37. The van der Waals surface area contributed by atoms with E-state index < -0.39 is 6.03 Å². The quantitative estimate of drug-likeness (QED) is 0.265. The fourth-order valence-electron chi connectivity index (χ4n) is 2.54. The third-order valence-electron chi connectivity index (χ3n) is 4.00. The predicted molar refractivity (Wildman–Crippen MR) is 123 cm³/mol. The summed E-state index contributed by atoms with van der Waals surface area (Å²) in [5.41, 5.74) is 5.03. The van der Waals surface area contributed by atoms with Crippen molar-refractivity contribution in [3.63, 3.8) is 0 Å². The lowest BCUT2D eigenvalue weighted by Gasteiger charge is -2.11. The molecule has 30 heavy (non-hydrogen) atoms. The second kappa shape index (κ2) is 11.0. The fraction of sp³-hybridized carbons (Fsp3) is 0.130. The first kappa shape index (κ1) is 21.4. The first-order valence-corrected chi connectivity index (χ1v) is 10.2. The lowest BCUT2D eigenvalue weighted by atomic mass is 10.2. The number of nitrogens with zero attached hydrogens (tertiary/aromatic N) is 1. The van der Waals surface area contributed by atoms with Crippen molar-refractivity contribution in [1.29, 1.82) is 0 Å². The number of benzene rings is 3. The van der Waals surface area contributed by atoms with Crippen LogP contribution in [0.15, 0.2) is 82.4 Å². The molecule has 0 fully saturated rings. The van der Waals surface area contributed by atoms with Gasteiger partial charge in [-0.3, -0.25) is 0 Å². The van der Waals surface area contributed by atoms with Crippen LogP contribution < -0.4 is 20.2 Å². The Kier molecular flexibility index (Phi) is 7.86. The van der Waals surface area contributed by atoms with Crippen LogP contribution in [0.2, 0.25) is 0 Å². The van der Waals surface area contributed by atoms with Crippen LogP contribution >= 0.6 is 15.9 Å². The van der Waals surface area contributed by atoms with Crippen molar-refractivity contribution in [2.45, 2.75) is 6.92 Å². The maximum atomic E-state index is 11.9. The van der Waals surface area contributed by atoms with E-state index in [4.69, 9.17) is 9.47 Å². The highest BCUT2D eigenvalue weighted by molar-refractivity contribution is 9.10. The molecule has 2 N–H and O–H groups in total. The minimum Gasteiger partial charge on any atom is -0.490 e. The zero-order valence-electron chi connectivity index (χ0n) is 16.5. The summed E-state index contributed by atoms with van der Waals surface area (Å²) in [4.78, 5) is 11.9. The zero-order valence-corrected chi connectivity index (χ0v) is 18.1. The van der Waals surface area contributed by atoms with Gasteiger partial charge in [0, 0.05) is 15.7 Å². The monoisotopic (exact) mass is 467 g/mol. The van der Waals surface area contributed by atoms with Gasteiger partial charge in [0.05, 0.1) is 6.21 Å². The number of halogens is 1. The maximum Gasteiger partial charge on any atom is 0.339 e. The topological polar surface area (TPSA) is 72.0 Å². The van der Waals surface area contributed by atoms with Crippen molar-refractivity contribution in [1.82, 2.24) is 5.43 Å². The van der Waals surface area contributed by atoms with Crippen LogP contribution in [0.5, 0.6) is 11.5 Å². The van der Waals surface area contributed by atoms with Gasteiger partial charge < -0.3 is 14.8 Å². The Bertz CT molecular complexity index is 992. The van der Waals surface area contributed by atoms with Gasteiger partial charge >= 0.3 is 6.03 Å². The molecule has 3 rings (SSSR count). The summed E-state index contributed by atoms with van der Waals surface area (Å²) >= 11 is 3.44. The molecule has 7 heteroatoms. The van der Waals surface area contributed by atoms with E-state index in [0.29, 0.717) is 24.7 Å². The molecule has 3 aromatic rings. The molecule has 0 atom stereocenters. The number of urea groups is 1. The summed E-state index contributed by atoms with van der Waals surface area (Å²) in [5.74, 6) is 1.44. The average molecular weight is 468 g/mol. The molecule has 6 nitrogen and oxygen atoms in total. The number of para-hydroxylation sites is 1. The third-order valence-corrected chi connectivity index (χ3v) is 4.50. The van der Waals surface area contributed by atoms with Crippen molar-refractivity contribution in [3.8, 4) is 11.5 Å². The number of hydrogen-bond donors (Lipinski definition) is 2. The van der Waals surface area contributed by atoms with E-state index in [1.54, 1.807) is 12.1 Å². The van der Waals surface area contributed by atoms with E-state index in [1.807, 2.05) is 67.6 Å². The fourth-order valence-corrected chi connectivity index (χ4v) is 2.92. The van der Waals surface area contributed by atoms with Crippen molar-refractivity contribution < 1.29 is 14.3 Å². The van der Waals surface area contributed by atoms with Gasteiger partial charge in [-0.1, -0.05) is 51.8 Å². The van der Waals surface area contributed by atoms with Gasteiger partial charge in [-0.15, -0.1) is 0 Å². The molecule has 0 saturated heterocycles. The molecule has 0 aromatic heterocycles. The van der Waals surface area contributed by atoms with Crippen LogP contribution in [0.3, 0.4) is 0 Å². The van der Waals surface area contributed by atoms with E-state index in [0.717, 1.165) is 15.8 Å². The van der Waals surface area contributed by atoms with Crippen LogP contribution in [0, 0.1) is 6.92 Å². The summed E-state index contributed by atoms with van der Waals surface area (Å²) < 4.78 is 12.4. The Morgan fingerprint density at radius 3 is 2.50 bits per heavy atom. The highest BCUT2D eigenvalue weighted by atomic mass is 79.9. The van der Waals surface area contributed by atoms with E-state index in [2.05, 4.69) is 31.8 Å². The summed E-state index contributed by atoms with van der Waals surface area (Å²) in [6.45, 7) is 2.81. The Balaban J connectivity index is 1.51. The van der Waals surface area contributed by atoms with Crippen molar-refractivity contribution >= 4 is 33.9 Å². The van der Waals surface area contributed by atoms with Crippen LogP contribution in [0.1, 0.15) is 11.1 Å². The number of aryl methyl sites for hydroxylation is 1. The van der Waals surface area contributed by atoms with Crippen LogP contribution in [-0.4, -0.2) is 25.5 Å². The van der Waals surface area contributed by atoms with E-state index in [9.17, 15) is 4.79 Å². The molecule has 0 aliphatic heterocycles. The summed E-state index contributed by atoms with van der Waals surface area (Å²) in [5, 5.41) is 6.70. The Labute approximate surface area is 184 Å². The van der Waals surface area contributed by atoms with E-state index in [-0.39, 0.29) is 0 Å². The second-order valence-corrected chi connectivity index (χ2v) is 7.30. The zero-order chi connectivity index (χ0) is 21.2. The summed E-state index contributed by atoms with van der Waals surface area (Å²) in [7, 11) is 0. The molecule has 0 bridgehead atoms. The lowest BCUT2D eigenvalue weighted by molar-refractivity contribution is 0.217. The molecular formula is C23H22BrN3O3. The molecule has 0 aliphatic carbocycles. The molecule has 0 heterocycles. The number of rotatable bonds is 8. The number of nitrogens with one attached hydrogen (secondary N) is 2. The van der Waals surface area contributed by atoms with Gasteiger partial charge in [-0.25, -0.2) is 10.2 Å². The number of amides is 2. The van der Waals surface area contributed by atoms with Crippen LogP contribution in [0.25, 0.3) is 0 Å². The number of ether oxygens (including phenoxy) is 2. The standard InChI is InChI=1S/C23H22BrN3O3/c1-17-7-10-21(11-8-17)29-13-14-30-22-12-9-19(24)15-18(22)16-25-27-23(28)26-20-5-3-2-4-6-20/h2-12,15-16H,13-14H2,1H3,(H2,26,27,28)/b25-16-. The molecular weight excluding hydrogens is 446 g/mol. The Morgan fingerprint density at radius 1 is 1.00 bits per heavy atom. The predicted octanol–water partition coefficient (Wildman–Crippen LogP) is 5.37. The molecule has 0 unspecified atom stereocenters. The normalized spacial score (nSPS) is 10.6. The van der Waals surface area contributed by atoms with Gasteiger partial charge in [-0.05, 0) is 49.4 Å². The summed E-state index contributed by atoms with van der Waals surface area (Å²) in [6.07, 6.45) is 1.53. The lowest BCUT2D eigenvalue weighted by Crippen LogP contribution is -2.24. The maximum absolute atomic E-state index is 11.9. The number of hydrogen-bond acceptors (Lipinski definition) is 4. The van der Waals surface area contributed by atoms with E-state index >= 15 is 0 Å². The third kappa shape index (κ3) is 6.93. The van der Waals surface area contributed by atoms with Gasteiger partial charge in [0.2, 0.25) is 0 Å². The average Bonchev–Trinajstić information content (AvgIpc) is 2.74. The minimum absolute atomic E-state index is 0.373. The van der Waals surface area contributed by atoms with Crippen LogP contribution in [0.4, 0.5) is 10.5 Å². The smallest absolute Gasteiger partial charge is 0.339 e. The molecule has 0 spiro atoms. The second-order valence-electron chi connectivity index (χ2n) is 6.38. The highest BCUT2D eigenvalue weighted by Gasteiger charge is 2.04. The van der Waals surface area contributed by atoms with Crippen LogP contribution in [-0.2, 0) is 0 Å². The molecule has 0 aliphatic rings. The Hall–Kier alpha value is -3.32. The first-order chi connectivity index (χ1) is 14.6. The number of hydrazone groups is 1. The molecule has 0 radical (unpaired) electrons. The van der Waals surface area contributed by atoms with Crippen molar-refractivity contribution in [2.75, 3.05) is 18.5 Å². The Morgan fingerprint density at radius 2 is 1.73 bits per heavy atom. The highest BCUT2D eigenvalue weighted by Crippen LogP contribution is 2.22. The summed E-state index contributed by atoms with van der Waals surface area (Å²) in [6, 6.07) is 22.1. The largest absolute Gasteiger partial charge is 0.490 e. The number of anilines is 1. The van der Waals surface area contributed by atoms with Gasteiger partial charge in [0.15, 0.2) is 0 Å². The molecule has 0 saturated carbocycles. The molecule has 3 aromatic carbocycles. The molecule has 2 amide bonds. The van der Waals surface area contributed by atoms with Crippen molar-refractivity contribution in [2.24, 2.45) is 5.10 Å². The van der Waals surface area contributed by atoms with Gasteiger partial charge in [-0.2, -0.15) is 5.10 Å². The van der Waals surface area contributed by atoms with Crippen molar-refractivity contribution in [3.05, 3.63) is 88.4 Å².